The number of carbonyl (C=O) groups excluding carboxylic acids is 1. The fraction of sp³-hybridized carbons (Fsp3) is 0.429. The third-order valence-electron chi connectivity index (χ3n) is 3.91. The van der Waals surface area contributed by atoms with Gasteiger partial charge in [-0.05, 0) is 12.8 Å². The molecule has 0 unspecified atom stereocenters. The predicted octanol–water partition coefficient (Wildman–Crippen LogP) is 0.377. The van der Waals surface area contributed by atoms with Crippen LogP contribution in [0, 0.1) is 5.92 Å². The molecule has 1 aliphatic carbocycles. The number of anilines is 1. The Hall–Kier alpha value is -2.44. The highest BCUT2D eigenvalue weighted by Gasteiger charge is 2.36. The molecule has 1 amide bonds. The van der Waals surface area contributed by atoms with E-state index < -0.39 is 0 Å². The number of imidazole rings is 1. The summed E-state index contributed by atoms with van der Waals surface area (Å²) < 4.78 is 1.84. The van der Waals surface area contributed by atoms with Crippen LogP contribution >= 0.6 is 0 Å². The zero-order valence-electron chi connectivity index (χ0n) is 11.5. The van der Waals surface area contributed by atoms with Gasteiger partial charge in [-0.2, -0.15) is 0 Å². The zero-order valence-corrected chi connectivity index (χ0v) is 11.5. The molecule has 0 atom stereocenters. The van der Waals surface area contributed by atoms with Crippen molar-refractivity contribution in [2.45, 2.75) is 18.9 Å². The Morgan fingerprint density at radius 3 is 2.76 bits per heavy atom. The van der Waals surface area contributed by atoms with Crippen molar-refractivity contribution in [3.63, 3.8) is 0 Å². The van der Waals surface area contributed by atoms with Gasteiger partial charge in [-0.25, -0.2) is 15.0 Å². The molecule has 1 N–H and O–H groups in total. The number of hydrogen-bond donors (Lipinski definition) is 1. The van der Waals surface area contributed by atoms with Crippen LogP contribution < -0.4 is 10.2 Å². The van der Waals surface area contributed by atoms with Gasteiger partial charge in [-0.1, -0.05) is 0 Å². The minimum atomic E-state index is 0.0808. The van der Waals surface area contributed by atoms with Gasteiger partial charge >= 0.3 is 0 Å². The second-order valence-corrected chi connectivity index (χ2v) is 5.59. The van der Waals surface area contributed by atoms with Gasteiger partial charge in [0.1, 0.15) is 24.3 Å². The Bertz CT molecular complexity index is 645. The van der Waals surface area contributed by atoms with Gasteiger partial charge in [0.2, 0.25) is 5.91 Å². The molecular weight excluding hydrogens is 268 g/mol. The lowest BCUT2D eigenvalue weighted by Crippen LogP contribution is -2.54. The van der Waals surface area contributed by atoms with Gasteiger partial charge in [0.25, 0.3) is 0 Å². The van der Waals surface area contributed by atoms with Crippen molar-refractivity contribution >= 4 is 11.7 Å². The first-order valence-corrected chi connectivity index (χ1v) is 7.15. The van der Waals surface area contributed by atoms with Gasteiger partial charge < -0.3 is 10.2 Å². The molecule has 7 nitrogen and oxygen atoms in total. The first kappa shape index (κ1) is 12.3. The predicted molar refractivity (Wildman–Crippen MR) is 76.0 cm³/mol. The van der Waals surface area contributed by atoms with Crippen molar-refractivity contribution in [3.05, 3.63) is 31.1 Å². The molecule has 2 fully saturated rings. The Kier molecular flexibility index (Phi) is 2.83. The summed E-state index contributed by atoms with van der Waals surface area (Å²) in [4.78, 5) is 26.5. The Morgan fingerprint density at radius 2 is 2.05 bits per heavy atom. The standard InChI is InChI=1S/C14H16N6O/c21-14(18-11-1-2-11)10-6-20(7-10)13-5-12(16-8-17-13)19-4-3-15-9-19/h3-5,8-11H,1-2,6-7H2,(H,18,21). The van der Waals surface area contributed by atoms with Crippen LogP contribution in [0.5, 0.6) is 0 Å². The van der Waals surface area contributed by atoms with Gasteiger partial charge in [0.05, 0.1) is 5.92 Å². The van der Waals surface area contributed by atoms with E-state index in [1.165, 1.54) is 0 Å². The van der Waals surface area contributed by atoms with Crippen LogP contribution in [0.15, 0.2) is 31.1 Å². The van der Waals surface area contributed by atoms with E-state index in [2.05, 4.69) is 25.2 Å². The molecule has 21 heavy (non-hydrogen) atoms. The van der Waals surface area contributed by atoms with Crippen LogP contribution in [0.4, 0.5) is 5.82 Å². The second-order valence-electron chi connectivity index (χ2n) is 5.59. The van der Waals surface area contributed by atoms with Crippen molar-refractivity contribution in [2.75, 3.05) is 18.0 Å². The molecule has 2 aromatic rings. The molecule has 0 bridgehead atoms. The van der Waals surface area contributed by atoms with Crippen LogP contribution in [0.3, 0.4) is 0 Å². The second kappa shape index (κ2) is 4.83. The number of nitrogens with zero attached hydrogens (tertiary/aromatic N) is 5. The highest BCUT2D eigenvalue weighted by Crippen LogP contribution is 2.25. The largest absolute Gasteiger partial charge is 0.355 e. The van der Waals surface area contributed by atoms with Crippen LogP contribution in [-0.2, 0) is 4.79 Å². The SMILES string of the molecule is O=C(NC1CC1)C1CN(c2cc(-n3ccnc3)ncn2)C1. The maximum atomic E-state index is 11.9. The van der Waals surface area contributed by atoms with Crippen LogP contribution in [0.25, 0.3) is 5.82 Å². The summed E-state index contributed by atoms with van der Waals surface area (Å²) in [5.41, 5.74) is 0. The topological polar surface area (TPSA) is 75.9 Å². The number of aromatic nitrogens is 4. The van der Waals surface area contributed by atoms with Crippen LogP contribution in [-0.4, -0.2) is 44.6 Å². The molecule has 2 aliphatic rings. The van der Waals surface area contributed by atoms with Gasteiger partial charge in [-0.15, -0.1) is 0 Å². The average Bonchev–Trinajstić information content (AvgIpc) is 3.07. The smallest absolute Gasteiger partial charge is 0.226 e. The number of carbonyl (C=O) groups is 1. The van der Waals surface area contributed by atoms with E-state index in [9.17, 15) is 4.79 Å². The molecule has 0 spiro atoms. The van der Waals surface area contributed by atoms with E-state index in [-0.39, 0.29) is 11.8 Å². The molecule has 1 aliphatic heterocycles. The molecule has 2 aromatic heterocycles. The van der Waals surface area contributed by atoms with Gasteiger partial charge in [0, 0.05) is 37.6 Å². The number of nitrogens with one attached hydrogen (secondary N) is 1. The average molecular weight is 284 g/mol. The number of rotatable bonds is 4. The molecule has 0 radical (unpaired) electrons. The minimum Gasteiger partial charge on any atom is -0.355 e. The van der Waals surface area contributed by atoms with E-state index in [1.807, 2.05) is 16.8 Å². The molecule has 0 aromatic carbocycles. The quantitative estimate of drug-likeness (QED) is 0.878. The summed E-state index contributed by atoms with van der Waals surface area (Å²) in [5.74, 6) is 1.89. The molecule has 1 saturated heterocycles. The molecule has 108 valence electrons. The maximum absolute atomic E-state index is 11.9. The molecule has 4 rings (SSSR count). The summed E-state index contributed by atoms with van der Waals surface area (Å²) in [7, 11) is 0. The van der Waals surface area contributed by atoms with Crippen molar-refractivity contribution in [3.8, 4) is 5.82 Å². The monoisotopic (exact) mass is 284 g/mol. The zero-order chi connectivity index (χ0) is 14.2. The summed E-state index contributed by atoms with van der Waals surface area (Å²) >= 11 is 0. The van der Waals surface area contributed by atoms with E-state index in [0.29, 0.717) is 6.04 Å². The van der Waals surface area contributed by atoms with Crippen molar-refractivity contribution in [1.82, 2.24) is 24.8 Å². The van der Waals surface area contributed by atoms with Crippen LogP contribution in [0.1, 0.15) is 12.8 Å². The molecule has 3 heterocycles. The normalized spacial score (nSPS) is 18.4. The lowest BCUT2D eigenvalue weighted by Gasteiger charge is -2.39. The lowest BCUT2D eigenvalue weighted by molar-refractivity contribution is -0.125. The van der Waals surface area contributed by atoms with Crippen LogP contribution in [0.2, 0.25) is 0 Å². The fourth-order valence-electron chi connectivity index (χ4n) is 2.42. The van der Waals surface area contributed by atoms with Gasteiger partial charge in [-0.3, -0.25) is 9.36 Å². The molecule has 7 heteroatoms. The summed E-state index contributed by atoms with van der Waals surface area (Å²) in [6.07, 6.45) is 9.05. The summed E-state index contributed by atoms with van der Waals surface area (Å²) in [5, 5.41) is 3.05. The Morgan fingerprint density at radius 1 is 1.24 bits per heavy atom. The third-order valence-corrected chi connectivity index (χ3v) is 3.91. The first-order valence-electron chi connectivity index (χ1n) is 7.15. The minimum absolute atomic E-state index is 0.0808. The van der Waals surface area contributed by atoms with E-state index in [4.69, 9.17) is 0 Å². The number of amides is 1. The summed E-state index contributed by atoms with van der Waals surface area (Å²) in [6, 6.07) is 2.34. The van der Waals surface area contributed by atoms with E-state index in [1.54, 1.807) is 18.9 Å². The van der Waals surface area contributed by atoms with Crippen molar-refractivity contribution < 1.29 is 4.79 Å². The van der Waals surface area contributed by atoms with Crippen molar-refractivity contribution in [2.24, 2.45) is 5.92 Å². The van der Waals surface area contributed by atoms with E-state index >= 15 is 0 Å². The Balaban J connectivity index is 1.41. The number of hydrogen-bond acceptors (Lipinski definition) is 5. The lowest BCUT2D eigenvalue weighted by atomic mass is 9.99. The van der Waals surface area contributed by atoms with Crippen molar-refractivity contribution in [1.29, 1.82) is 0 Å². The highest BCUT2D eigenvalue weighted by molar-refractivity contribution is 5.82. The molecular formula is C14H16N6O. The Labute approximate surface area is 122 Å². The van der Waals surface area contributed by atoms with E-state index in [0.717, 1.165) is 37.6 Å². The first-order chi connectivity index (χ1) is 10.3. The summed E-state index contributed by atoms with van der Waals surface area (Å²) in [6.45, 7) is 1.44. The van der Waals surface area contributed by atoms with Gasteiger partial charge in [0.15, 0.2) is 0 Å². The third kappa shape index (κ3) is 2.46. The molecule has 1 saturated carbocycles. The fourth-order valence-corrected chi connectivity index (χ4v) is 2.42. The highest BCUT2D eigenvalue weighted by atomic mass is 16.2. The maximum Gasteiger partial charge on any atom is 0.226 e.